The van der Waals surface area contributed by atoms with Crippen LogP contribution in [0.5, 0.6) is 5.75 Å². The molecule has 0 fully saturated rings. The highest BCUT2D eigenvalue weighted by atomic mass is 16.5. The van der Waals surface area contributed by atoms with Crippen LogP contribution in [0.15, 0.2) is 18.2 Å². The Morgan fingerprint density at radius 2 is 2.28 bits per heavy atom. The molecule has 2 rings (SSSR count). The van der Waals surface area contributed by atoms with Gasteiger partial charge in [0.2, 0.25) is 0 Å². The second kappa shape index (κ2) is 4.83. The molecule has 1 aliphatic heterocycles. The van der Waals surface area contributed by atoms with Gasteiger partial charge in [-0.25, -0.2) is 0 Å². The molecule has 0 saturated carbocycles. The number of benzene rings is 1. The minimum absolute atomic E-state index is 0.0134. The first-order valence-electron chi connectivity index (χ1n) is 5.70. The number of nitrogens with two attached hydrogens (primary N) is 1. The number of hydrogen-bond donors (Lipinski definition) is 3. The van der Waals surface area contributed by atoms with Crippen LogP contribution < -0.4 is 15.4 Å². The summed E-state index contributed by atoms with van der Waals surface area (Å²) in [6.45, 7) is 1.23. The quantitative estimate of drug-likeness (QED) is 0.644. The van der Waals surface area contributed by atoms with E-state index >= 15 is 0 Å². The van der Waals surface area contributed by atoms with Gasteiger partial charge in [-0.05, 0) is 19.1 Å². The first-order valence-corrected chi connectivity index (χ1v) is 5.70. The van der Waals surface area contributed by atoms with E-state index in [-0.39, 0.29) is 12.5 Å². The maximum absolute atomic E-state index is 12.0. The zero-order valence-electron chi connectivity index (χ0n) is 10.0. The van der Waals surface area contributed by atoms with Gasteiger partial charge in [0, 0.05) is 0 Å². The SMILES string of the molecule is CC1Oc2c(N)cccc2N(CC(O)CO)C1=O. The van der Waals surface area contributed by atoms with Crippen LogP contribution in [-0.2, 0) is 4.79 Å². The summed E-state index contributed by atoms with van der Waals surface area (Å²) in [7, 11) is 0. The van der Waals surface area contributed by atoms with Gasteiger partial charge >= 0.3 is 0 Å². The van der Waals surface area contributed by atoms with Crippen molar-refractivity contribution >= 4 is 17.3 Å². The van der Waals surface area contributed by atoms with Crippen LogP contribution >= 0.6 is 0 Å². The van der Waals surface area contributed by atoms with Crippen LogP contribution in [0, 0.1) is 0 Å². The lowest BCUT2D eigenvalue weighted by atomic mass is 10.1. The average Bonchev–Trinajstić information content (AvgIpc) is 2.36. The fourth-order valence-corrected chi connectivity index (χ4v) is 1.91. The minimum Gasteiger partial charge on any atom is -0.477 e. The molecule has 98 valence electrons. The molecule has 0 aliphatic carbocycles. The van der Waals surface area contributed by atoms with Gasteiger partial charge in [-0.2, -0.15) is 0 Å². The molecule has 1 heterocycles. The highest BCUT2D eigenvalue weighted by Gasteiger charge is 2.33. The highest BCUT2D eigenvalue weighted by molar-refractivity contribution is 6.01. The molecule has 0 spiro atoms. The monoisotopic (exact) mass is 252 g/mol. The Balaban J connectivity index is 2.39. The third-order valence-electron chi connectivity index (χ3n) is 2.83. The maximum Gasteiger partial charge on any atom is 0.267 e. The molecule has 2 atom stereocenters. The van der Waals surface area contributed by atoms with Crippen LogP contribution in [0.4, 0.5) is 11.4 Å². The number of nitrogens with zero attached hydrogens (tertiary/aromatic N) is 1. The second-order valence-electron chi connectivity index (χ2n) is 4.24. The lowest BCUT2D eigenvalue weighted by Crippen LogP contribution is -2.48. The molecule has 1 amide bonds. The van der Waals surface area contributed by atoms with Crippen LogP contribution in [-0.4, -0.2) is 41.5 Å². The van der Waals surface area contributed by atoms with E-state index in [2.05, 4.69) is 0 Å². The van der Waals surface area contributed by atoms with E-state index in [0.29, 0.717) is 17.1 Å². The summed E-state index contributed by atoms with van der Waals surface area (Å²) in [4.78, 5) is 13.4. The number of para-hydroxylation sites is 1. The van der Waals surface area contributed by atoms with Gasteiger partial charge in [0.25, 0.3) is 5.91 Å². The van der Waals surface area contributed by atoms with Crippen LogP contribution in [0.2, 0.25) is 0 Å². The van der Waals surface area contributed by atoms with Crippen molar-refractivity contribution in [3.8, 4) is 5.75 Å². The summed E-state index contributed by atoms with van der Waals surface area (Å²) < 4.78 is 5.46. The molecule has 2 unspecified atom stereocenters. The summed E-state index contributed by atoms with van der Waals surface area (Å²) in [5, 5.41) is 18.4. The predicted molar refractivity (Wildman–Crippen MR) is 66.4 cm³/mol. The van der Waals surface area contributed by atoms with E-state index in [1.54, 1.807) is 25.1 Å². The highest BCUT2D eigenvalue weighted by Crippen LogP contribution is 2.38. The van der Waals surface area contributed by atoms with Gasteiger partial charge in [-0.15, -0.1) is 0 Å². The van der Waals surface area contributed by atoms with Gasteiger partial charge in [-0.3, -0.25) is 4.79 Å². The van der Waals surface area contributed by atoms with Crippen LogP contribution in [0.3, 0.4) is 0 Å². The molecular weight excluding hydrogens is 236 g/mol. The molecule has 1 aromatic rings. The lowest BCUT2D eigenvalue weighted by molar-refractivity contribution is -0.126. The Bertz CT molecular complexity index is 463. The number of ether oxygens (including phenoxy) is 1. The lowest BCUT2D eigenvalue weighted by Gasteiger charge is -2.34. The Labute approximate surface area is 105 Å². The van der Waals surface area contributed by atoms with Gasteiger partial charge in [-0.1, -0.05) is 6.07 Å². The fraction of sp³-hybridized carbons (Fsp3) is 0.417. The predicted octanol–water partition coefficient (Wildman–Crippen LogP) is -0.264. The van der Waals surface area contributed by atoms with E-state index in [0.717, 1.165) is 0 Å². The van der Waals surface area contributed by atoms with E-state index in [9.17, 15) is 9.90 Å². The number of fused-ring (bicyclic) bond motifs is 1. The standard InChI is InChI=1S/C12H16N2O4/c1-7-12(17)14(5-8(16)6-15)10-4-2-3-9(13)11(10)18-7/h2-4,7-8,15-16H,5-6,13H2,1H3. The third-order valence-corrected chi connectivity index (χ3v) is 2.83. The number of rotatable bonds is 3. The molecule has 0 aromatic heterocycles. The summed E-state index contributed by atoms with van der Waals surface area (Å²) in [6.07, 6.45) is -1.65. The van der Waals surface area contributed by atoms with Crippen molar-refractivity contribution in [3.05, 3.63) is 18.2 Å². The minimum atomic E-state index is -0.992. The number of carbonyl (C=O) groups is 1. The fourth-order valence-electron chi connectivity index (χ4n) is 1.91. The van der Waals surface area contributed by atoms with E-state index in [1.807, 2.05) is 0 Å². The van der Waals surface area contributed by atoms with E-state index in [4.69, 9.17) is 15.6 Å². The molecule has 0 saturated heterocycles. The Morgan fingerprint density at radius 1 is 1.56 bits per heavy atom. The van der Waals surface area contributed by atoms with Gasteiger partial charge in [0.05, 0.1) is 30.6 Å². The number of aliphatic hydroxyl groups excluding tert-OH is 2. The Hall–Kier alpha value is -1.79. The summed E-state index contributed by atoms with van der Waals surface area (Å²) >= 11 is 0. The maximum atomic E-state index is 12.0. The smallest absolute Gasteiger partial charge is 0.267 e. The number of β-amino-alcohol motifs (C(OH)–C–C–N with tert-alkyl or cyclic N) is 1. The molecule has 0 bridgehead atoms. The van der Waals surface area contributed by atoms with Crippen molar-refractivity contribution < 1.29 is 19.7 Å². The van der Waals surface area contributed by atoms with Crippen molar-refractivity contribution in [1.29, 1.82) is 0 Å². The Kier molecular flexibility index (Phi) is 3.40. The first-order chi connectivity index (χ1) is 8.54. The van der Waals surface area contributed by atoms with Crippen molar-refractivity contribution in [3.63, 3.8) is 0 Å². The largest absolute Gasteiger partial charge is 0.477 e. The topological polar surface area (TPSA) is 96.0 Å². The van der Waals surface area contributed by atoms with Crippen molar-refractivity contribution in [1.82, 2.24) is 0 Å². The number of nitrogen functional groups attached to an aromatic ring is 1. The van der Waals surface area contributed by atoms with E-state index < -0.39 is 18.8 Å². The summed E-state index contributed by atoms with van der Waals surface area (Å²) in [5.41, 5.74) is 6.76. The van der Waals surface area contributed by atoms with Crippen molar-refractivity contribution in [2.75, 3.05) is 23.8 Å². The average molecular weight is 252 g/mol. The van der Waals surface area contributed by atoms with Crippen LogP contribution in [0.1, 0.15) is 6.92 Å². The zero-order chi connectivity index (χ0) is 13.3. The Morgan fingerprint density at radius 3 is 2.94 bits per heavy atom. The number of hydrogen-bond acceptors (Lipinski definition) is 5. The summed E-state index contributed by atoms with van der Waals surface area (Å²) in [6, 6.07) is 5.08. The van der Waals surface area contributed by atoms with Gasteiger partial charge in [0.15, 0.2) is 11.9 Å². The summed E-state index contributed by atoms with van der Waals surface area (Å²) in [5.74, 6) is 0.176. The molecular formula is C12H16N2O4. The van der Waals surface area contributed by atoms with Crippen LogP contribution in [0.25, 0.3) is 0 Å². The molecule has 6 nitrogen and oxygen atoms in total. The number of carbonyl (C=O) groups excluding carboxylic acids is 1. The molecule has 1 aromatic carbocycles. The normalized spacial score (nSPS) is 20.3. The third kappa shape index (κ3) is 2.12. The zero-order valence-corrected chi connectivity index (χ0v) is 10.0. The number of aliphatic hydroxyl groups is 2. The molecule has 1 aliphatic rings. The van der Waals surface area contributed by atoms with E-state index in [1.165, 1.54) is 4.90 Å². The molecule has 6 heteroatoms. The number of anilines is 2. The molecule has 4 N–H and O–H groups in total. The van der Waals surface area contributed by atoms with Gasteiger partial charge in [0.1, 0.15) is 0 Å². The second-order valence-corrected chi connectivity index (χ2v) is 4.24. The molecule has 18 heavy (non-hydrogen) atoms. The van der Waals surface area contributed by atoms with Crippen molar-refractivity contribution in [2.24, 2.45) is 0 Å². The first kappa shape index (κ1) is 12.7. The van der Waals surface area contributed by atoms with Gasteiger partial charge < -0.3 is 25.6 Å². The van der Waals surface area contributed by atoms with Crippen molar-refractivity contribution in [2.45, 2.75) is 19.1 Å². The molecule has 0 radical (unpaired) electrons. The number of amides is 1.